The van der Waals surface area contributed by atoms with Crippen LogP contribution in [0.5, 0.6) is 0 Å². The summed E-state index contributed by atoms with van der Waals surface area (Å²) in [5.74, 6) is -0.212. The Balaban J connectivity index is 1.58. The van der Waals surface area contributed by atoms with E-state index in [1.54, 1.807) is 6.07 Å². The Labute approximate surface area is 160 Å². The summed E-state index contributed by atoms with van der Waals surface area (Å²) in [5, 5.41) is 14.1. The van der Waals surface area contributed by atoms with Gasteiger partial charge >= 0.3 is 0 Å². The molecule has 2 aliphatic rings. The Morgan fingerprint density at radius 1 is 1.04 bits per heavy atom. The predicted octanol–water partition coefficient (Wildman–Crippen LogP) is 3.19. The molecule has 0 aliphatic carbocycles. The van der Waals surface area contributed by atoms with E-state index in [1.807, 2.05) is 0 Å². The molecule has 7 heteroatoms. The highest BCUT2D eigenvalue weighted by atomic mass is 16.6. The highest BCUT2D eigenvalue weighted by Crippen LogP contribution is 2.28. The van der Waals surface area contributed by atoms with Gasteiger partial charge < -0.3 is 15.1 Å². The maximum atomic E-state index is 12.7. The number of amides is 1. The van der Waals surface area contributed by atoms with Crippen molar-refractivity contribution in [2.24, 2.45) is 0 Å². The second kappa shape index (κ2) is 9.69. The fraction of sp³-hybridized carbons (Fsp3) is 0.650. The molecule has 7 nitrogen and oxygen atoms in total. The molecule has 3 rings (SSSR count). The highest BCUT2D eigenvalue weighted by Gasteiger charge is 2.22. The number of hydrogen-bond donors (Lipinski definition) is 1. The van der Waals surface area contributed by atoms with Gasteiger partial charge in [0.15, 0.2) is 0 Å². The van der Waals surface area contributed by atoms with E-state index in [4.69, 9.17) is 0 Å². The number of nitro benzene ring substituents is 1. The van der Waals surface area contributed by atoms with Gasteiger partial charge in [0.25, 0.3) is 11.6 Å². The summed E-state index contributed by atoms with van der Waals surface area (Å²) in [7, 11) is 0. The minimum atomic E-state index is -0.441. The van der Waals surface area contributed by atoms with Crippen LogP contribution in [0, 0.1) is 10.1 Å². The molecule has 1 N–H and O–H groups in total. The molecule has 0 spiro atoms. The Morgan fingerprint density at radius 2 is 1.70 bits per heavy atom. The molecule has 2 heterocycles. The number of nitro groups is 1. The topological polar surface area (TPSA) is 78.7 Å². The van der Waals surface area contributed by atoms with E-state index < -0.39 is 4.92 Å². The number of rotatable bonds is 7. The third-order valence-electron chi connectivity index (χ3n) is 5.52. The van der Waals surface area contributed by atoms with Crippen molar-refractivity contribution in [1.29, 1.82) is 0 Å². The van der Waals surface area contributed by atoms with E-state index in [0.717, 1.165) is 57.7 Å². The average molecular weight is 374 g/mol. The number of hydrogen-bond acceptors (Lipinski definition) is 5. The van der Waals surface area contributed by atoms with Gasteiger partial charge in [0.2, 0.25) is 0 Å². The van der Waals surface area contributed by atoms with Crippen molar-refractivity contribution in [2.75, 3.05) is 44.2 Å². The predicted molar refractivity (Wildman–Crippen MR) is 106 cm³/mol. The van der Waals surface area contributed by atoms with Gasteiger partial charge in [-0.2, -0.15) is 0 Å². The summed E-state index contributed by atoms with van der Waals surface area (Å²) in [5.41, 5.74) is 1.19. The molecule has 0 unspecified atom stereocenters. The van der Waals surface area contributed by atoms with Crippen LogP contribution < -0.4 is 10.2 Å². The zero-order valence-corrected chi connectivity index (χ0v) is 16.0. The maximum Gasteiger partial charge on any atom is 0.270 e. The van der Waals surface area contributed by atoms with Crippen molar-refractivity contribution < 1.29 is 9.72 Å². The van der Waals surface area contributed by atoms with E-state index in [0.29, 0.717) is 12.1 Å². The highest BCUT2D eigenvalue weighted by molar-refractivity contribution is 6.00. The normalized spacial score (nSPS) is 18.3. The first-order chi connectivity index (χ1) is 13.1. The second-order valence-electron chi connectivity index (χ2n) is 7.52. The van der Waals surface area contributed by atoms with Gasteiger partial charge in [-0.1, -0.05) is 12.8 Å². The fourth-order valence-corrected chi connectivity index (χ4v) is 4.01. The van der Waals surface area contributed by atoms with Gasteiger partial charge in [0.05, 0.1) is 16.2 Å². The molecule has 0 saturated carbocycles. The largest absolute Gasteiger partial charge is 0.371 e. The number of anilines is 1. The third kappa shape index (κ3) is 5.42. The zero-order valence-electron chi connectivity index (χ0n) is 16.0. The van der Waals surface area contributed by atoms with E-state index in [1.165, 1.54) is 37.8 Å². The van der Waals surface area contributed by atoms with E-state index in [-0.39, 0.29) is 11.6 Å². The molecule has 1 aromatic carbocycles. The van der Waals surface area contributed by atoms with Crippen LogP contribution in [0.1, 0.15) is 55.3 Å². The SMILES string of the molecule is O=C(NCCCN1CCCCCC1)c1cc([N+](=O)[O-])ccc1N1CCCC1. The number of non-ortho nitro benzene ring substituents is 1. The van der Waals surface area contributed by atoms with Gasteiger partial charge in [-0.25, -0.2) is 0 Å². The Kier molecular flexibility index (Phi) is 7.04. The number of benzene rings is 1. The van der Waals surface area contributed by atoms with Crippen molar-refractivity contribution in [3.05, 3.63) is 33.9 Å². The van der Waals surface area contributed by atoms with Gasteiger partial charge in [-0.15, -0.1) is 0 Å². The Hall–Kier alpha value is -2.15. The van der Waals surface area contributed by atoms with E-state index >= 15 is 0 Å². The van der Waals surface area contributed by atoms with Crippen LogP contribution in [-0.4, -0.2) is 55.0 Å². The number of nitrogens with zero attached hydrogens (tertiary/aromatic N) is 3. The molecule has 2 aliphatic heterocycles. The average Bonchev–Trinajstić information content (AvgIpc) is 3.08. The van der Waals surface area contributed by atoms with Crippen LogP contribution in [0.2, 0.25) is 0 Å². The molecule has 1 amide bonds. The summed E-state index contributed by atoms with van der Waals surface area (Å²) >= 11 is 0. The minimum Gasteiger partial charge on any atom is -0.371 e. The fourth-order valence-electron chi connectivity index (χ4n) is 4.01. The summed E-state index contributed by atoms with van der Waals surface area (Å²) in [6.45, 7) is 5.68. The molecule has 148 valence electrons. The van der Waals surface area contributed by atoms with Crippen molar-refractivity contribution in [1.82, 2.24) is 10.2 Å². The van der Waals surface area contributed by atoms with Crippen molar-refractivity contribution in [3.8, 4) is 0 Å². The van der Waals surface area contributed by atoms with Crippen molar-refractivity contribution >= 4 is 17.3 Å². The monoisotopic (exact) mass is 374 g/mol. The standard InChI is InChI=1S/C20H30N4O3/c25-20(21-10-7-13-22-11-3-1-2-4-12-22)18-16-17(24(26)27)8-9-19(18)23-14-5-6-15-23/h8-9,16H,1-7,10-15H2,(H,21,25). The molecule has 27 heavy (non-hydrogen) atoms. The molecule has 2 saturated heterocycles. The minimum absolute atomic E-state index is 0.0346. The van der Waals surface area contributed by atoms with Gasteiger partial charge in [-0.05, 0) is 57.8 Å². The summed E-state index contributed by atoms with van der Waals surface area (Å²) in [6.07, 6.45) is 8.25. The lowest BCUT2D eigenvalue weighted by Crippen LogP contribution is -2.31. The first kappa shape index (κ1) is 19.6. The molecule has 0 aromatic heterocycles. The zero-order chi connectivity index (χ0) is 19.1. The summed E-state index contributed by atoms with van der Waals surface area (Å²) in [4.78, 5) is 28.0. The maximum absolute atomic E-state index is 12.7. The second-order valence-corrected chi connectivity index (χ2v) is 7.52. The number of nitrogens with one attached hydrogen (secondary N) is 1. The first-order valence-corrected chi connectivity index (χ1v) is 10.2. The van der Waals surface area contributed by atoms with Gasteiger partial charge in [0, 0.05) is 31.8 Å². The number of likely N-dealkylation sites (tertiary alicyclic amines) is 1. The molecule has 2 fully saturated rings. The van der Waals surface area contributed by atoms with Crippen molar-refractivity contribution in [3.63, 3.8) is 0 Å². The molecular formula is C20H30N4O3. The smallest absolute Gasteiger partial charge is 0.270 e. The van der Waals surface area contributed by atoms with Gasteiger partial charge in [0.1, 0.15) is 0 Å². The summed E-state index contributed by atoms with van der Waals surface area (Å²) < 4.78 is 0. The lowest BCUT2D eigenvalue weighted by Gasteiger charge is -2.21. The lowest BCUT2D eigenvalue weighted by atomic mass is 10.1. The quantitative estimate of drug-likeness (QED) is 0.450. The summed E-state index contributed by atoms with van der Waals surface area (Å²) in [6, 6.07) is 4.62. The Bertz CT molecular complexity index is 651. The lowest BCUT2D eigenvalue weighted by molar-refractivity contribution is -0.384. The van der Waals surface area contributed by atoms with Crippen LogP contribution in [0.3, 0.4) is 0 Å². The van der Waals surface area contributed by atoms with E-state index in [9.17, 15) is 14.9 Å². The third-order valence-corrected chi connectivity index (χ3v) is 5.52. The number of carbonyl (C=O) groups excluding carboxylic acids is 1. The molecule has 0 radical (unpaired) electrons. The van der Waals surface area contributed by atoms with Crippen LogP contribution in [0.25, 0.3) is 0 Å². The molecule has 0 atom stereocenters. The molecule has 1 aromatic rings. The van der Waals surface area contributed by atoms with Crippen LogP contribution in [0.15, 0.2) is 18.2 Å². The number of carbonyl (C=O) groups is 1. The van der Waals surface area contributed by atoms with Crippen molar-refractivity contribution in [2.45, 2.75) is 44.9 Å². The van der Waals surface area contributed by atoms with Crippen LogP contribution in [0.4, 0.5) is 11.4 Å². The van der Waals surface area contributed by atoms with Crippen LogP contribution in [-0.2, 0) is 0 Å². The van der Waals surface area contributed by atoms with Gasteiger partial charge in [-0.3, -0.25) is 14.9 Å². The van der Waals surface area contributed by atoms with E-state index in [2.05, 4.69) is 15.1 Å². The Morgan fingerprint density at radius 3 is 2.37 bits per heavy atom. The van der Waals surface area contributed by atoms with Crippen LogP contribution >= 0.6 is 0 Å². The molecule has 0 bridgehead atoms. The molecular weight excluding hydrogens is 344 g/mol. The first-order valence-electron chi connectivity index (χ1n) is 10.2.